The summed E-state index contributed by atoms with van der Waals surface area (Å²) >= 11 is 0. The minimum atomic E-state index is -4.19. The first-order valence-corrected chi connectivity index (χ1v) is 9.60. The number of ether oxygens (including phenoxy) is 2. The van der Waals surface area contributed by atoms with E-state index >= 15 is 0 Å². The molecule has 0 unspecified atom stereocenters. The molecular formula is C17H18FN3O7S. The number of nitrogens with zero attached hydrogens (tertiary/aromatic N) is 1. The molecule has 156 valence electrons. The van der Waals surface area contributed by atoms with Gasteiger partial charge in [0.05, 0.1) is 16.9 Å². The average molecular weight is 427 g/mol. The van der Waals surface area contributed by atoms with Gasteiger partial charge in [0.15, 0.2) is 11.6 Å². The van der Waals surface area contributed by atoms with Gasteiger partial charge in [-0.2, -0.15) is 4.72 Å². The molecule has 0 heterocycles. The van der Waals surface area contributed by atoms with Crippen LogP contribution in [0, 0.1) is 15.9 Å². The Morgan fingerprint density at radius 1 is 1.24 bits per heavy atom. The van der Waals surface area contributed by atoms with Crippen LogP contribution >= 0.6 is 0 Å². The maximum absolute atomic E-state index is 13.6. The number of carbonyl (C=O) groups excluding carboxylic acids is 1. The zero-order chi connectivity index (χ0) is 21.6. The Balaban J connectivity index is 1.99. The smallest absolute Gasteiger partial charge is 0.321 e. The standard InChI is InChI=1S/C17H18FN3O7S/c1-19-14-5-4-12(8-15(14)21(23)24)29(25,26)20-9-17(22)28-10-11-3-6-16(27-2)13(18)7-11/h3-8,19-20H,9-10H2,1-2H3. The van der Waals surface area contributed by atoms with Crippen molar-refractivity contribution in [2.45, 2.75) is 11.5 Å². The van der Waals surface area contributed by atoms with Gasteiger partial charge < -0.3 is 14.8 Å². The Hall–Kier alpha value is -3.25. The van der Waals surface area contributed by atoms with Gasteiger partial charge >= 0.3 is 5.97 Å². The van der Waals surface area contributed by atoms with Crippen molar-refractivity contribution in [3.8, 4) is 5.75 Å². The molecule has 0 amide bonds. The van der Waals surface area contributed by atoms with E-state index in [1.165, 1.54) is 32.4 Å². The Bertz CT molecular complexity index is 1030. The van der Waals surface area contributed by atoms with Gasteiger partial charge in [-0.05, 0) is 29.8 Å². The van der Waals surface area contributed by atoms with Gasteiger partial charge in [-0.1, -0.05) is 6.07 Å². The van der Waals surface area contributed by atoms with Crippen LogP contribution in [0.2, 0.25) is 0 Å². The lowest BCUT2D eigenvalue weighted by Crippen LogP contribution is -2.30. The molecule has 0 atom stereocenters. The van der Waals surface area contributed by atoms with Crippen LogP contribution in [0.15, 0.2) is 41.3 Å². The molecule has 0 saturated heterocycles. The first-order valence-electron chi connectivity index (χ1n) is 8.12. The quantitative estimate of drug-likeness (QED) is 0.351. The lowest BCUT2D eigenvalue weighted by atomic mass is 10.2. The van der Waals surface area contributed by atoms with E-state index in [1.54, 1.807) is 0 Å². The number of hydrogen-bond donors (Lipinski definition) is 2. The van der Waals surface area contributed by atoms with E-state index in [0.717, 1.165) is 18.2 Å². The highest BCUT2D eigenvalue weighted by atomic mass is 32.2. The number of nitro groups is 1. The van der Waals surface area contributed by atoms with Crippen molar-refractivity contribution < 1.29 is 32.0 Å². The van der Waals surface area contributed by atoms with E-state index in [0.29, 0.717) is 5.56 Å². The van der Waals surface area contributed by atoms with Gasteiger partial charge in [0.2, 0.25) is 10.0 Å². The molecule has 0 aliphatic carbocycles. The SMILES string of the molecule is CNc1ccc(S(=O)(=O)NCC(=O)OCc2ccc(OC)c(F)c2)cc1[N+](=O)[O-]. The Kier molecular flexibility index (Phi) is 7.07. The van der Waals surface area contributed by atoms with Crippen LogP contribution in [0.25, 0.3) is 0 Å². The van der Waals surface area contributed by atoms with Crippen molar-refractivity contribution in [2.24, 2.45) is 0 Å². The molecule has 0 bridgehead atoms. The summed E-state index contributed by atoms with van der Waals surface area (Å²) in [4.78, 5) is 21.7. The lowest BCUT2D eigenvalue weighted by molar-refractivity contribution is -0.384. The van der Waals surface area contributed by atoms with Crippen molar-refractivity contribution in [1.82, 2.24) is 4.72 Å². The topological polar surface area (TPSA) is 137 Å². The maximum atomic E-state index is 13.6. The number of nitrogens with one attached hydrogen (secondary N) is 2. The van der Waals surface area contributed by atoms with E-state index in [-0.39, 0.29) is 22.9 Å². The molecule has 0 spiro atoms. The number of sulfonamides is 1. The van der Waals surface area contributed by atoms with Crippen LogP contribution in [-0.4, -0.2) is 40.0 Å². The zero-order valence-corrected chi connectivity index (χ0v) is 16.3. The second-order valence-electron chi connectivity index (χ2n) is 5.64. The van der Waals surface area contributed by atoms with Crippen molar-refractivity contribution >= 4 is 27.4 Å². The summed E-state index contributed by atoms with van der Waals surface area (Å²) in [7, 11) is -1.43. The molecule has 0 aromatic heterocycles. The number of esters is 1. The molecule has 0 saturated carbocycles. The highest BCUT2D eigenvalue weighted by molar-refractivity contribution is 7.89. The third-order valence-corrected chi connectivity index (χ3v) is 5.17. The van der Waals surface area contributed by atoms with Crippen LogP contribution in [0.3, 0.4) is 0 Å². The molecule has 2 aromatic rings. The number of halogens is 1. The molecular weight excluding hydrogens is 409 g/mol. The summed E-state index contributed by atoms with van der Waals surface area (Å²) in [6, 6.07) is 7.25. The van der Waals surface area contributed by atoms with Crippen LogP contribution in [0.5, 0.6) is 5.75 Å². The predicted molar refractivity (Wildman–Crippen MR) is 101 cm³/mol. The molecule has 2 rings (SSSR count). The van der Waals surface area contributed by atoms with Crippen LogP contribution in [0.4, 0.5) is 15.8 Å². The number of methoxy groups -OCH3 is 1. The van der Waals surface area contributed by atoms with E-state index in [9.17, 15) is 27.7 Å². The highest BCUT2D eigenvalue weighted by Gasteiger charge is 2.22. The van der Waals surface area contributed by atoms with Gasteiger partial charge in [0.25, 0.3) is 5.69 Å². The molecule has 2 N–H and O–H groups in total. The van der Waals surface area contributed by atoms with Crippen LogP contribution in [-0.2, 0) is 26.2 Å². The molecule has 12 heteroatoms. The van der Waals surface area contributed by atoms with Crippen molar-refractivity contribution in [3.05, 3.63) is 57.9 Å². The number of carbonyl (C=O) groups is 1. The first kappa shape index (κ1) is 22.0. The van der Waals surface area contributed by atoms with Gasteiger partial charge in [-0.3, -0.25) is 14.9 Å². The lowest BCUT2D eigenvalue weighted by Gasteiger charge is -2.09. The summed E-state index contributed by atoms with van der Waals surface area (Å²) in [5.74, 6) is -1.51. The van der Waals surface area contributed by atoms with E-state index in [4.69, 9.17) is 9.47 Å². The summed E-state index contributed by atoms with van der Waals surface area (Å²) in [5.41, 5.74) is 0.0531. The number of rotatable bonds is 9. The summed E-state index contributed by atoms with van der Waals surface area (Å²) in [5, 5.41) is 13.6. The fourth-order valence-corrected chi connectivity index (χ4v) is 3.28. The summed E-state index contributed by atoms with van der Waals surface area (Å²) < 4.78 is 49.8. The molecule has 10 nitrogen and oxygen atoms in total. The molecule has 0 radical (unpaired) electrons. The fourth-order valence-electron chi connectivity index (χ4n) is 2.29. The summed E-state index contributed by atoms with van der Waals surface area (Å²) in [6.45, 7) is -0.980. The number of hydrogen-bond acceptors (Lipinski definition) is 8. The molecule has 0 fully saturated rings. The van der Waals surface area contributed by atoms with E-state index in [1.807, 2.05) is 4.72 Å². The second kappa shape index (κ2) is 9.30. The van der Waals surface area contributed by atoms with Crippen molar-refractivity contribution in [1.29, 1.82) is 0 Å². The van der Waals surface area contributed by atoms with Crippen LogP contribution in [0.1, 0.15) is 5.56 Å². The zero-order valence-electron chi connectivity index (χ0n) is 15.5. The Morgan fingerprint density at radius 2 is 1.97 bits per heavy atom. The molecule has 2 aromatic carbocycles. The minimum absolute atomic E-state index is 0.0335. The Morgan fingerprint density at radius 3 is 2.55 bits per heavy atom. The Labute approximate surface area is 165 Å². The number of benzene rings is 2. The fraction of sp³-hybridized carbons (Fsp3) is 0.235. The van der Waals surface area contributed by atoms with Gasteiger partial charge in [0, 0.05) is 13.1 Å². The van der Waals surface area contributed by atoms with Gasteiger partial charge in [0.1, 0.15) is 18.8 Å². The first-order chi connectivity index (χ1) is 13.7. The van der Waals surface area contributed by atoms with Gasteiger partial charge in [-0.25, -0.2) is 12.8 Å². The predicted octanol–water partition coefficient (Wildman–Crippen LogP) is 1.81. The summed E-state index contributed by atoms with van der Waals surface area (Å²) in [6.07, 6.45) is 0. The van der Waals surface area contributed by atoms with Crippen molar-refractivity contribution in [2.75, 3.05) is 26.0 Å². The molecule has 29 heavy (non-hydrogen) atoms. The minimum Gasteiger partial charge on any atom is -0.494 e. The molecule has 0 aliphatic rings. The third-order valence-electron chi connectivity index (χ3n) is 3.77. The largest absolute Gasteiger partial charge is 0.494 e. The van der Waals surface area contributed by atoms with Gasteiger partial charge in [-0.15, -0.1) is 0 Å². The second-order valence-corrected chi connectivity index (χ2v) is 7.41. The number of anilines is 1. The molecule has 0 aliphatic heterocycles. The van der Waals surface area contributed by atoms with E-state index in [2.05, 4.69) is 5.32 Å². The number of nitro benzene ring substituents is 1. The third kappa shape index (κ3) is 5.62. The normalized spacial score (nSPS) is 11.0. The maximum Gasteiger partial charge on any atom is 0.321 e. The average Bonchev–Trinajstić information content (AvgIpc) is 2.70. The monoisotopic (exact) mass is 427 g/mol. The van der Waals surface area contributed by atoms with Crippen molar-refractivity contribution in [3.63, 3.8) is 0 Å². The highest BCUT2D eigenvalue weighted by Crippen LogP contribution is 2.27. The van der Waals surface area contributed by atoms with Crippen LogP contribution < -0.4 is 14.8 Å². The van der Waals surface area contributed by atoms with E-state index < -0.39 is 39.0 Å².